The fourth-order valence-corrected chi connectivity index (χ4v) is 5.11. The van der Waals surface area contributed by atoms with E-state index in [1.54, 1.807) is 42.7 Å². The first-order chi connectivity index (χ1) is 14.5. The van der Waals surface area contributed by atoms with E-state index < -0.39 is 16.1 Å². The van der Waals surface area contributed by atoms with Crippen LogP contribution in [0.4, 0.5) is 0 Å². The Bertz CT molecular complexity index is 1360. The molecule has 30 heavy (non-hydrogen) atoms. The molecular formula is C22H18N4O3S. The number of aryl methyl sites for hydroxylation is 1. The molecule has 0 saturated carbocycles. The van der Waals surface area contributed by atoms with Crippen LogP contribution in [0.3, 0.4) is 0 Å². The Morgan fingerprint density at radius 1 is 0.967 bits per heavy atom. The van der Waals surface area contributed by atoms with Gasteiger partial charge in [0.15, 0.2) is 0 Å². The number of rotatable bonds is 4. The largest absolute Gasteiger partial charge is 0.460 e. The molecule has 4 aromatic rings. The summed E-state index contributed by atoms with van der Waals surface area (Å²) in [4.78, 5) is 8.99. The summed E-state index contributed by atoms with van der Waals surface area (Å²) < 4.78 is 33.9. The van der Waals surface area contributed by atoms with Crippen molar-refractivity contribution in [1.82, 2.24) is 14.4 Å². The van der Waals surface area contributed by atoms with Gasteiger partial charge in [-0.05, 0) is 37.3 Å². The number of benzene rings is 2. The fourth-order valence-electron chi connectivity index (χ4n) is 3.66. The monoisotopic (exact) mass is 418 g/mol. The number of hydrogen-bond donors (Lipinski definition) is 0. The van der Waals surface area contributed by atoms with Crippen molar-refractivity contribution >= 4 is 26.8 Å². The quantitative estimate of drug-likeness (QED) is 0.498. The van der Waals surface area contributed by atoms with E-state index in [1.807, 2.05) is 37.3 Å². The Morgan fingerprint density at radius 3 is 2.53 bits per heavy atom. The molecule has 3 heterocycles. The molecule has 1 atom stereocenters. The van der Waals surface area contributed by atoms with Gasteiger partial charge < -0.3 is 4.42 Å². The highest BCUT2D eigenvalue weighted by Crippen LogP contribution is 2.39. The summed E-state index contributed by atoms with van der Waals surface area (Å²) in [6.45, 7) is 1.84. The fraction of sp³-hybridized carbons (Fsp3) is 0.136. The van der Waals surface area contributed by atoms with E-state index in [2.05, 4.69) is 15.1 Å². The van der Waals surface area contributed by atoms with Crippen molar-refractivity contribution in [3.8, 4) is 0 Å². The van der Waals surface area contributed by atoms with E-state index in [-0.39, 0.29) is 4.90 Å². The topological polar surface area (TPSA) is 88.7 Å². The minimum Gasteiger partial charge on any atom is -0.460 e. The van der Waals surface area contributed by atoms with E-state index in [1.165, 1.54) is 4.41 Å². The van der Waals surface area contributed by atoms with Crippen LogP contribution in [-0.4, -0.2) is 28.5 Å². The molecule has 2 aromatic heterocycles. The molecule has 0 fully saturated rings. The number of para-hydroxylation sites is 1. The molecule has 0 saturated heterocycles. The minimum atomic E-state index is -3.88. The molecule has 0 radical (unpaired) electrons. The first-order valence-electron chi connectivity index (χ1n) is 9.47. The Kier molecular flexibility index (Phi) is 4.36. The third-order valence-corrected chi connectivity index (χ3v) is 6.77. The summed E-state index contributed by atoms with van der Waals surface area (Å²) in [5.41, 5.74) is 2.69. The van der Waals surface area contributed by atoms with Crippen LogP contribution in [0.1, 0.15) is 29.5 Å². The molecule has 2 aromatic carbocycles. The van der Waals surface area contributed by atoms with Gasteiger partial charge in [-0.15, -0.1) is 0 Å². The lowest BCUT2D eigenvalue weighted by Gasteiger charge is -2.24. The van der Waals surface area contributed by atoms with Crippen LogP contribution in [0.15, 0.2) is 87.5 Å². The lowest BCUT2D eigenvalue weighted by molar-refractivity contribution is 0.373. The van der Waals surface area contributed by atoms with E-state index in [9.17, 15) is 8.42 Å². The summed E-state index contributed by atoms with van der Waals surface area (Å²) >= 11 is 0. The summed E-state index contributed by atoms with van der Waals surface area (Å²) in [6.07, 6.45) is 3.59. The van der Waals surface area contributed by atoms with Gasteiger partial charge in [0.05, 0.1) is 22.0 Å². The van der Waals surface area contributed by atoms with Gasteiger partial charge >= 0.3 is 0 Å². The van der Waals surface area contributed by atoms with Gasteiger partial charge in [-0.1, -0.05) is 30.3 Å². The zero-order valence-corrected chi connectivity index (χ0v) is 17.0. The number of hydrazone groups is 1. The summed E-state index contributed by atoms with van der Waals surface area (Å²) in [6, 6.07) is 17.0. The summed E-state index contributed by atoms with van der Waals surface area (Å²) in [5.74, 6) is 1.30. The molecule has 7 nitrogen and oxygen atoms in total. The average molecular weight is 418 g/mol. The van der Waals surface area contributed by atoms with E-state index in [0.717, 1.165) is 11.3 Å². The summed E-state index contributed by atoms with van der Waals surface area (Å²) in [7, 11) is -3.88. The van der Waals surface area contributed by atoms with Crippen molar-refractivity contribution in [3.05, 3.63) is 90.1 Å². The Labute approximate surface area is 173 Å². The molecule has 1 aliphatic heterocycles. The van der Waals surface area contributed by atoms with Gasteiger partial charge in [0.2, 0.25) is 0 Å². The van der Waals surface area contributed by atoms with Gasteiger partial charge in [-0.25, -0.2) is 0 Å². The van der Waals surface area contributed by atoms with Crippen LogP contribution in [0.5, 0.6) is 0 Å². The number of hydrogen-bond acceptors (Lipinski definition) is 6. The van der Waals surface area contributed by atoms with E-state index in [0.29, 0.717) is 28.9 Å². The van der Waals surface area contributed by atoms with Crippen LogP contribution < -0.4 is 0 Å². The zero-order valence-electron chi connectivity index (χ0n) is 16.1. The molecule has 5 rings (SSSR count). The highest BCUT2D eigenvalue weighted by Gasteiger charge is 2.39. The second kappa shape index (κ2) is 7.07. The van der Waals surface area contributed by atoms with Gasteiger partial charge in [-0.2, -0.15) is 17.9 Å². The molecule has 0 bridgehead atoms. The van der Waals surface area contributed by atoms with Crippen molar-refractivity contribution in [2.45, 2.75) is 24.3 Å². The number of fused-ring (bicyclic) bond motifs is 1. The highest BCUT2D eigenvalue weighted by atomic mass is 32.2. The van der Waals surface area contributed by atoms with Crippen molar-refractivity contribution in [2.75, 3.05) is 0 Å². The molecule has 0 amide bonds. The lowest BCUT2D eigenvalue weighted by atomic mass is 10.0. The van der Waals surface area contributed by atoms with Crippen molar-refractivity contribution < 1.29 is 12.8 Å². The molecule has 8 heteroatoms. The van der Waals surface area contributed by atoms with Gasteiger partial charge in [0.25, 0.3) is 10.0 Å². The maximum atomic E-state index is 13.5. The number of aromatic nitrogens is 2. The van der Waals surface area contributed by atoms with Crippen LogP contribution in [0.25, 0.3) is 11.0 Å². The van der Waals surface area contributed by atoms with Crippen LogP contribution in [0.2, 0.25) is 0 Å². The smallest absolute Gasteiger partial charge is 0.279 e. The normalized spacial score (nSPS) is 16.8. The third-order valence-electron chi connectivity index (χ3n) is 5.07. The second-order valence-electron chi connectivity index (χ2n) is 7.04. The Balaban J connectivity index is 1.67. The average Bonchev–Trinajstić information content (AvgIpc) is 3.41. The second-order valence-corrected chi connectivity index (χ2v) is 8.83. The third kappa shape index (κ3) is 3.05. The SMILES string of the molecule is Cc1ccc(C2=NN(S(=O)(=O)c3ccccc3)[C@@H](c3cccc4nccnc34)C2)o1. The molecule has 150 valence electrons. The first kappa shape index (κ1) is 18.5. The molecule has 0 spiro atoms. The molecular weight excluding hydrogens is 400 g/mol. The van der Waals surface area contributed by atoms with Crippen LogP contribution >= 0.6 is 0 Å². The number of sulfonamides is 1. The molecule has 1 aliphatic rings. The summed E-state index contributed by atoms with van der Waals surface area (Å²) in [5, 5.41) is 4.50. The van der Waals surface area contributed by atoms with Crippen molar-refractivity contribution in [2.24, 2.45) is 5.10 Å². The van der Waals surface area contributed by atoms with E-state index >= 15 is 0 Å². The van der Waals surface area contributed by atoms with Crippen LogP contribution in [0, 0.1) is 6.92 Å². The number of nitrogens with zero attached hydrogens (tertiary/aromatic N) is 4. The van der Waals surface area contributed by atoms with Crippen LogP contribution in [-0.2, 0) is 10.0 Å². The van der Waals surface area contributed by atoms with Crippen molar-refractivity contribution in [1.29, 1.82) is 0 Å². The lowest BCUT2D eigenvalue weighted by Crippen LogP contribution is -2.27. The number of furan rings is 1. The maximum Gasteiger partial charge on any atom is 0.279 e. The van der Waals surface area contributed by atoms with Crippen molar-refractivity contribution in [3.63, 3.8) is 0 Å². The minimum absolute atomic E-state index is 0.182. The first-order valence-corrected chi connectivity index (χ1v) is 10.9. The molecule has 0 unspecified atom stereocenters. The maximum absolute atomic E-state index is 13.5. The standard InChI is InChI=1S/C22H18N4O3S/c1-15-10-11-21(29-15)19-14-20(17-8-5-9-18-22(17)24-13-12-23-18)26(25-19)30(27,28)16-6-3-2-4-7-16/h2-13,20H,14H2,1H3/t20-/m1/s1. The molecule has 0 aliphatic carbocycles. The predicted molar refractivity (Wildman–Crippen MR) is 112 cm³/mol. The Hall–Kier alpha value is -3.52. The Morgan fingerprint density at radius 2 is 1.77 bits per heavy atom. The highest BCUT2D eigenvalue weighted by molar-refractivity contribution is 7.89. The zero-order chi connectivity index (χ0) is 20.7. The van der Waals surface area contributed by atoms with Gasteiger partial charge in [0, 0.05) is 24.4 Å². The van der Waals surface area contributed by atoms with Gasteiger partial charge in [-0.3, -0.25) is 9.97 Å². The predicted octanol–water partition coefficient (Wildman–Crippen LogP) is 4.07. The molecule has 0 N–H and O–H groups in total. The van der Waals surface area contributed by atoms with Gasteiger partial charge in [0.1, 0.15) is 17.2 Å². The van der Waals surface area contributed by atoms with E-state index in [4.69, 9.17) is 4.42 Å².